The molecule has 3 heterocycles. The first-order valence-electron chi connectivity index (χ1n) is 19.9. The van der Waals surface area contributed by atoms with Gasteiger partial charge in [0.15, 0.2) is 0 Å². The summed E-state index contributed by atoms with van der Waals surface area (Å²) >= 11 is 3.73. The van der Waals surface area contributed by atoms with Crippen LogP contribution in [-0.2, 0) is 0 Å². The van der Waals surface area contributed by atoms with Crippen LogP contribution in [0.2, 0.25) is 0 Å². The molecule has 3 nitrogen and oxygen atoms in total. The Morgan fingerprint density at radius 1 is 0.407 bits per heavy atom. The summed E-state index contributed by atoms with van der Waals surface area (Å²) in [4.78, 5) is 9.94. The third kappa shape index (κ3) is 5.38. The zero-order valence-corrected chi connectivity index (χ0v) is 34.4. The van der Waals surface area contributed by atoms with Gasteiger partial charge in [-0.2, -0.15) is 0 Å². The molecule has 0 saturated carbocycles. The average Bonchev–Trinajstić information content (AvgIpc) is 3.70. The number of fused-ring (bicyclic) bond motifs is 12. The second-order valence-electron chi connectivity index (χ2n) is 15.4. The SMILES string of the molecule is [Se]=P(c1ccccc1)(c1ccccc1)c1ccc2cc(-c3ccc4c(c3)c3c5ccccc5ccc3c3nc5ccc(-c6cncc7ccccc67)cc5n43)ccc2c1. The quantitative estimate of drug-likeness (QED) is 0.0982. The Labute approximate surface area is 348 Å². The van der Waals surface area contributed by atoms with E-state index in [1.165, 1.54) is 64.7 Å². The summed E-state index contributed by atoms with van der Waals surface area (Å²) in [6.07, 6.45) is 3.92. The molecule has 12 aromatic rings. The van der Waals surface area contributed by atoms with Crippen molar-refractivity contribution in [1.82, 2.24) is 14.4 Å². The summed E-state index contributed by atoms with van der Waals surface area (Å²) in [7, 11) is 0. The van der Waals surface area contributed by atoms with E-state index in [1.54, 1.807) is 0 Å². The third-order valence-corrected chi connectivity index (χ3v) is 19.1. The monoisotopic (exact) mass is 835 g/mol. The van der Waals surface area contributed by atoms with Gasteiger partial charge in [0.25, 0.3) is 0 Å². The number of imidazole rings is 1. The Kier molecular flexibility index (Phi) is 7.84. The summed E-state index contributed by atoms with van der Waals surface area (Å²) in [6.45, 7) is 0. The molecular weight excluding hydrogens is 801 g/mol. The minimum absolute atomic E-state index is 0.966. The van der Waals surface area contributed by atoms with Crippen molar-refractivity contribution in [2.45, 2.75) is 0 Å². The van der Waals surface area contributed by atoms with Gasteiger partial charge < -0.3 is 0 Å². The van der Waals surface area contributed by atoms with Crippen molar-refractivity contribution in [2.75, 3.05) is 0 Å². The van der Waals surface area contributed by atoms with Gasteiger partial charge in [-0.25, -0.2) is 4.98 Å². The molecule has 59 heavy (non-hydrogen) atoms. The van der Waals surface area contributed by atoms with Crippen LogP contribution in [0.15, 0.2) is 207 Å². The van der Waals surface area contributed by atoms with Crippen LogP contribution in [0.1, 0.15) is 0 Å². The molecule has 9 aromatic carbocycles. The fraction of sp³-hybridized carbons (Fsp3) is 0. The van der Waals surface area contributed by atoms with Gasteiger partial charge in [-0.1, -0.05) is 60.7 Å². The molecule has 3 aromatic heterocycles. The topological polar surface area (TPSA) is 30.2 Å². The molecular formula is C54H34N3PSe. The molecule has 0 atom stereocenters. The standard InChI is InChI=1S/C54H34N3PSe/c59-58(42-13-3-1-4-14-42,43-15-5-2-6-16-43)44-25-21-37-29-36(19-20-38(37)30-44)39-24-28-51-48(31-39)53-46-18-10-7-11-35(46)22-26-47(53)54-56-50-27-23-40(32-52(50)57(51)54)49-34-55-33-41-12-8-9-17-45(41)49/h1-34H. The third-order valence-electron chi connectivity index (χ3n) is 12.1. The number of nitrogens with zero attached hydrogens (tertiary/aromatic N) is 3. The number of benzene rings is 9. The van der Waals surface area contributed by atoms with Crippen LogP contribution in [0.4, 0.5) is 0 Å². The zero-order valence-electron chi connectivity index (χ0n) is 31.8. The fourth-order valence-corrected chi connectivity index (χ4v) is 14.1. The van der Waals surface area contributed by atoms with Gasteiger partial charge in [0.1, 0.15) is 5.65 Å². The molecule has 276 valence electrons. The summed E-state index contributed by atoms with van der Waals surface area (Å²) < 4.78 is 2.37. The maximum absolute atomic E-state index is 5.32. The van der Waals surface area contributed by atoms with Crippen molar-refractivity contribution in [3.05, 3.63) is 207 Å². The molecule has 0 aliphatic carbocycles. The van der Waals surface area contributed by atoms with Gasteiger partial charge in [0.05, 0.1) is 11.0 Å². The first-order chi connectivity index (χ1) is 29.1. The molecule has 0 amide bonds. The Morgan fingerprint density at radius 3 is 1.86 bits per heavy atom. The summed E-state index contributed by atoms with van der Waals surface area (Å²) in [6, 6.07) is 71.1. The van der Waals surface area contributed by atoms with Crippen LogP contribution >= 0.6 is 5.51 Å². The molecule has 0 fully saturated rings. The molecule has 5 heteroatoms. The van der Waals surface area contributed by atoms with E-state index in [1.807, 2.05) is 12.4 Å². The van der Waals surface area contributed by atoms with E-state index < -0.39 is 5.51 Å². The zero-order chi connectivity index (χ0) is 39.1. The van der Waals surface area contributed by atoms with Crippen LogP contribution in [0.3, 0.4) is 0 Å². The minimum atomic E-state index is -1.97. The van der Waals surface area contributed by atoms with Gasteiger partial charge in [0.2, 0.25) is 0 Å². The normalized spacial score (nSPS) is 12.1. The van der Waals surface area contributed by atoms with Crippen molar-refractivity contribution in [3.63, 3.8) is 0 Å². The summed E-state index contributed by atoms with van der Waals surface area (Å²) in [5.41, 5.74) is 6.80. The van der Waals surface area contributed by atoms with Crippen LogP contribution in [0.25, 0.3) is 92.9 Å². The molecule has 0 saturated heterocycles. The number of hydrogen-bond donors (Lipinski definition) is 0. The number of hydrogen-bond acceptors (Lipinski definition) is 2. The van der Waals surface area contributed by atoms with E-state index in [-0.39, 0.29) is 0 Å². The van der Waals surface area contributed by atoms with Gasteiger partial charge in [-0.3, -0.25) is 4.98 Å². The predicted octanol–water partition coefficient (Wildman–Crippen LogP) is 12.4. The number of pyridine rings is 2. The maximum atomic E-state index is 5.32. The first-order valence-corrected chi connectivity index (χ1v) is 23.9. The van der Waals surface area contributed by atoms with E-state index in [4.69, 9.17) is 4.98 Å². The van der Waals surface area contributed by atoms with Crippen LogP contribution in [0.5, 0.6) is 0 Å². The Balaban J connectivity index is 1.05. The number of rotatable bonds is 5. The molecule has 12 rings (SSSR count). The van der Waals surface area contributed by atoms with Crippen LogP contribution in [0, 0.1) is 0 Å². The van der Waals surface area contributed by atoms with Crippen molar-refractivity contribution >= 4 is 107 Å². The van der Waals surface area contributed by atoms with Gasteiger partial charge in [-0.15, -0.1) is 0 Å². The van der Waals surface area contributed by atoms with Crippen LogP contribution < -0.4 is 15.9 Å². The molecule has 0 spiro atoms. The van der Waals surface area contributed by atoms with Crippen molar-refractivity contribution in [2.24, 2.45) is 0 Å². The molecule has 0 aliphatic rings. The van der Waals surface area contributed by atoms with Gasteiger partial charge >= 0.3 is 205 Å². The number of aromatic nitrogens is 3. The van der Waals surface area contributed by atoms with Crippen molar-refractivity contribution < 1.29 is 0 Å². The molecule has 0 unspecified atom stereocenters. The molecule has 0 bridgehead atoms. The second-order valence-corrected chi connectivity index (χ2v) is 21.6. The Hall–Kier alpha value is -6.67. The van der Waals surface area contributed by atoms with Crippen molar-refractivity contribution in [3.8, 4) is 22.3 Å². The van der Waals surface area contributed by atoms with E-state index in [0.717, 1.165) is 44.1 Å². The summed E-state index contributed by atoms with van der Waals surface area (Å²) in [5.74, 6) is 0. The summed E-state index contributed by atoms with van der Waals surface area (Å²) in [5, 5.41) is 14.8. The van der Waals surface area contributed by atoms with Gasteiger partial charge in [0, 0.05) is 23.3 Å². The Morgan fingerprint density at radius 2 is 1.05 bits per heavy atom. The van der Waals surface area contributed by atoms with Crippen LogP contribution in [-0.4, -0.2) is 29.5 Å². The van der Waals surface area contributed by atoms with E-state index in [9.17, 15) is 0 Å². The second kappa shape index (κ2) is 13.4. The molecule has 0 N–H and O–H groups in total. The van der Waals surface area contributed by atoms with E-state index in [0.29, 0.717) is 0 Å². The molecule has 0 radical (unpaired) electrons. The van der Waals surface area contributed by atoms with Gasteiger partial charge in [-0.05, 0) is 34.5 Å². The first kappa shape index (κ1) is 34.4. The Bertz CT molecular complexity index is 3660. The fourth-order valence-electron chi connectivity index (χ4n) is 9.20. The van der Waals surface area contributed by atoms with E-state index >= 15 is 0 Å². The predicted molar refractivity (Wildman–Crippen MR) is 253 cm³/mol. The van der Waals surface area contributed by atoms with E-state index in [2.05, 4.69) is 219 Å². The average molecular weight is 835 g/mol. The van der Waals surface area contributed by atoms with Crippen molar-refractivity contribution in [1.29, 1.82) is 0 Å². The molecule has 0 aliphatic heterocycles.